The van der Waals surface area contributed by atoms with Crippen molar-refractivity contribution in [2.45, 2.75) is 77.1 Å². The van der Waals surface area contributed by atoms with Crippen LogP contribution in [0.5, 0.6) is 0 Å². The molecule has 2 N–H and O–H groups in total. The SMILES string of the molecule is CC(C)(C)NC1CCC(OC(=O)Nc2cc(C=CCCn3nnc4cc(C=O)ccc43)ccc2-c2ccccc2)CC1. The van der Waals surface area contributed by atoms with Crippen molar-refractivity contribution in [3.8, 4) is 11.1 Å². The minimum Gasteiger partial charge on any atom is -0.446 e. The normalized spacial score (nSPS) is 17.4. The third-order valence-electron chi connectivity index (χ3n) is 7.44. The molecule has 1 heterocycles. The van der Waals surface area contributed by atoms with E-state index in [-0.39, 0.29) is 11.6 Å². The Morgan fingerprint density at radius 2 is 1.76 bits per heavy atom. The van der Waals surface area contributed by atoms with Crippen LogP contribution < -0.4 is 10.6 Å². The molecule has 1 aliphatic rings. The number of nitrogens with zero attached hydrogens (tertiary/aromatic N) is 3. The number of ether oxygens (including phenoxy) is 1. The molecular formula is C34H39N5O3. The van der Waals surface area contributed by atoms with Crippen LogP contribution in [0, 0.1) is 0 Å². The van der Waals surface area contributed by atoms with Crippen molar-refractivity contribution in [1.29, 1.82) is 0 Å². The van der Waals surface area contributed by atoms with Gasteiger partial charge in [0.1, 0.15) is 17.9 Å². The Balaban J connectivity index is 1.23. The topological polar surface area (TPSA) is 98.1 Å². The lowest BCUT2D eigenvalue weighted by molar-refractivity contribution is 0.0762. The molecule has 1 aliphatic carbocycles. The predicted octanol–water partition coefficient (Wildman–Crippen LogP) is 7.26. The fourth-order valence-corrected chi connectivity index (χ4v) is 5.51. The average molecular weight is 566 g/mol. The number of fused-ring (bicyclic) bond motifs is 1. The first kappa shape index (κ1) is 29.2. The number of nitrogens with one attached hydrogen (secondary N) is 2. The second-order valence-corrected chi connectivity index (χ2v) is 11.9. The number of aryl methyl sites for hydroxylation is 1. The summed E-state index contributed by atoms with van der Waals surface area (Å²) >= 11 is 0. The Hall–Kier alpha value is -4.30. The Kier molecular flexibility index (Phi) is 9.12. The number of hydrogen-bond acceptors (Lipinski definition) is 6. The average Bonchev–Trinajstić information content (AvgIpc) is 3.38. The van der Waals surface area contributed by atoms with Gasteiger partial charge >= 0.3 is 6.09 Å². The summed E-state index contributed by atoms with van der Waals surface area (Å²) < 4.78 is 7.70. The lowest BCUT2D eigenvalue weighted by Crippen LogP contribution is -2.46. The third-order valence-corrected chi connectivity index (χ3v) is 7.44. The fraction of sp³-hybridized carbons (Fsp3) is 0.353. The van der Waals surface area contributed by atoms with E-state index in [0.717, 1.165) is 60.6 Å². The molecule has 1 aromatic heterocycles. The number of amides is 1. The summed E-state index contributed by atoms with van der Waals surface area (Å²) in [6.45, 7) is 7.20. The first-order chi connectivity index (χ1) is 20.3. The molecular weight excluding hydrogens is 526 g/mol. The molecule has 0 radical (unpaired) electrons. The summed E-state index contributed by atoms with van der Waals surface area (Å²) in [4.78, 5) is 24.1. The molecule has 5 rings (SSSR count). The quantitative estimate of drug-likeness (QED) is 0.207. The highest BCUT2D eigenvalue weighted by atomic mass is 16.6. The van der Waals surface area contributed by atoms with Gasteiger partial charge in [0.05, 0.1) is 11.2 Å². The maximum atomic E-state index is 13.0. The van der Waals surface area contributed by atoms with Crippen LogP contribution in [0.1, 0.15) is 68.8 Å². The number of benzene rings is 3. The molecule has 1 fully saturated rings. The van der Waals surface area contributed by atoms with E-state index < -0.39 is 6.09 Å². The first-order valence-electron chi connectivity index (χ1n) is 14.7. The second-order valence-electron chi connectivity index (χ2n) is 11.9. The van der Waals surface area contributed by atoms with E-state index in [2.05, 4.69) is 47.8 Å². The van der Waals surface area contributed by atoms with Crippen LogP contribution in [-0.4, -0.2) is 45.1 Å². The highest BCUT2D eigenvalue weighted by molar-refractivity contribution is 5.92. The van der Waals surface area contributed by atoms with Gasteiger partial charge in [-0.2, -0.15) is 0 Å². The molecule has 8 nitrogen and oxygen atoms in total. The van der Waals surface area contributed by atoms with Crippen LogP contribution in [0.15, 0.2) is 72.8 Å². The number of aromatic nitrogens is 3. The summed E-state index contributed by atoms with van der Waals surface area (Å²) in [5, 5.41) is 15.1. The summed E-state index contributed by atoms with van der Waals surface area (Å²) in [5.41, 5.74) is 5.91. The van der Waals surface area contributed by atoms with Gasteiger partial charge in [-0.1, -0.05) is 59.8 Å². The van der Waals surface area contributed by atoms with E-state index in [1.165, 1.54) is 0 Å². The molecule has 4 aromatic rings. The van der Waals surface area contributed by atoms with Crippen LogP contribution >= 0.6 is 0 Å². The minimum atomic E-state index is -0.420. The molecule has 1 amide bonds. The zero-order valence-electron chi connectivity index (χ0n) is 24.5. The molecule has 0 unspecified atom stereocenters. The van der Waals surface area contributed by atoms with E-state index in [1.54, 1.807) is 12.1 Å². The van der Waals surface area contributed by atoms with E-state index >= 15 is 0 Å². The number of hydrogen-bond donors (Lipinski definition) is 2. The Morgan fingerprint density at radius 3 is 2.50 bits per heavy atom. The monoisotopic (exact) mass is 565 g/mol. The van der Waals surface area contributed by atoms with Crippen LogP contribution in [0.25, 0.3) is 28.2 Å². The lowest BCUT2D eigenvalue weighted by Gasteiger charge is -2.34. The molecule has 1 saturated carbocycles. The van der Waals surface area contributed by atoms with Crippen LogP contribution in [-0.2, 0) is 11.3 Å². The van der Waals surface area contributed by atoms with Gasteiger partial charge in [0, 0.05) is 29.3 Å². The summed E-state index contributed by atoms with van der Waals surface area (Å²) in [7, 11) is 0. The number of carbonyl (C=O) groups excluding carboxylic acids is 2. The molecule has 3 aromatic carbocycles. The minimum absolute atomic E-state index is 0.0794. The molecule has 0 atom stereocenters. The summed E-state index contributed by atoms with van der Waals surface area (Å²) in [6.07, 6.45) is 8.87. The van der Waals surface area contributed by atoms with E-state index in [0.29, 0.717) is 29.4 Å². The molecule has 8 heteroatoms. The third kappa shape index (κ3) is 7.70. The van der Waals surface area contributed by atoms with Crippen molar-refractivity contribution in [1.82, 2.24) is 20.3 Å². The van der Waals surface area contributed by atoms with Crippen LogP contribution in [0.4, 0.5) is 10.5 Å². The van der Waals surface area contributed by atoms with E-state index in [9.17, 15) is 9.59 Å². The lowest BCUT2D eigenvalue weighted by atomic mass is 9.91. The fourth-order valence-electron chi connectivity index (χ4n) is 5.51. The Bertz CT molecular complexity index is 1550. The van der Waals surface area contributed by atoms with Crippen LogP contribution in [0.2, 0.25) is 0 Å². The summed E-state index contributed by atoms with van der Waals surface area (Å²) in [6, 6.07) is 21.9. The van der Waals surface area contributed by atoms with Crippen molar-refractivity contribution < 1.29 is 14.3 Å². The number of allylic oxidation sites excluding steroid dienone is 1. The largest absolute Gasteiger partial charge is 0.446 e. The van der Waals surface area contributed by atoms with Gasteiger partial charge in [0.2, 0.25) is 0 Å². The van der Waals surface area contributed by atoms with E-state index in [4.69, 9.17) is 4.74 Å². The van der Waals surface area contributed by atoms with Gasteiger partial charge in [0.25, 0.3) is 0 Å². The van der Waals surface area contributed by atoms with Gasteiger partial charge < -0.3 is 10.1 Å². The van der Waals surface area contributed by atoms with Gasteiger partial charge in [-0.05, 0) is 88.3 Å². The molecule has 0 saturated heterocycles. The van der Waals surface area contributed by atoms with Crippen LogP contribution in [0.3, 0.4) is 0 Å². The molecule has 0 spiro atoms. The number of anilines is 1. The zero-order chi connectivity index (χ0) is 29.5. The van der Waals surface area contributed by atoms with Crippen molar-refractivity contribution in [2.75, 3.05) is 5.32 Å². The zero-order valence-corrected chi connectivity index (χ0v) is 24.5. The highest BCUT2D eigenvalue weighted by Gasteiger charge is 2.26. The molecule has 0 bridgehead atoms. The predicted molar refractivity (Wildman–Crippen MR) is 167 cm³/mol. The highest BCUT2D eigenvalue weighted by Crippen LogP contribution is 2.30. The Morgan fingerprint density at radius 1 is 1.00 bits per heavy atom. The number of carbonyl (C=O) groups is 2. The van der Waals surface area contributed by atoms with Crippen molar-refractivity contribution in [2.24, 2.45) is 0 Å². The van der Waals surface area contributed by atoms with Crippen molar-refractivity contribution in [3.63, 3.8) is 0 Å². The standard InChI is InChI=1S/C34H39N5O3/c1-34(2,3)36-27-14-16-28(17-15-27)42-33(41)35-30-21-24(12-18-29(30)26-10-5-4-6-11-26)9-7-8-20-39-32-19-13-25(23-40)22-31(32)37-38-39/h4-7,9-13,18-19,21-23,27-28,36H,8,14-17,20H2,1-3H3,(H,35,41). The van der Waals surface area contributed by atoms with Crippen molar-refractivity contribution in [3.05, 3.63) is 83.9 Å². The molecule has 218 valence electrons. The molecule has 42 heavy (non-hydrogen) atoms. The Labute approximate surface area is 247 Å². The second kappa shape index (κ2) is 13.1. The number of aldehydes is 1. The number of rotatable bonds is 9. The smallest absolute Gasteiger partial charge is 0.411 e. The maximum absolute atomic E-state index is 13.0. The summed E-state index contributed by atoms with van der Waals surface area (Å²) in [5.74, 6) is 0. The van der Waals surface area contributed by atoms with Gasteiger partial charge in [-0.3, -0.25) is 10.1 Å². The molecule has 0 aliphatic heterocycles. The van der Waals surface area contributed by atoms with E-state index in [1.807, 2.05) is 65.4 Å². The first-order valence-corrected chi connectivity index (χ1v) is 14.7. The van der Waals surface area contributed by atoms with Gasteiger partial charge in [-0.25, -0.2) is 9.48 Å². The van der Waals surface area contributed by atoms with Gasteiger partial charge in [-0.15, -0.1) is 5.10 Å². The van der Waals surface area contributed by atoms with Crippen molar-refractivity contribution >= 4 is 35.2 Å². The maximum Gasteiger partial charge on any atom is 0.411 e. The van der Waals surface area contributed by atoms with Gasteiger partial charge in [0.15, 0.2) is 0 Å².